The number of halogens is 1. The summed E-state index contributed by atoms with van der Waals surface area (Å²) < 4.78 is 0. The Kier molecular flexibility index (Phi) is 6.11. The minimum atomic E-state index is -0.173. The van der Waals surface area contributed by atoms with Gasteiger partial charge in [0.25, 0.3) is 0 Å². The quantitative estimate of drug-likeness (QED) is 0.827. The lowest BCUT2D eigenvalue weighted by atomic mass is 10.2. The zero-order valence-electron chi connectivity index (χ0n) is 12.8. The van der Waals surface area contributed by atoms with Crippen molar-refractivity contribution in [2.45, 2.75) is 19.9 Å². The van der Waals surface area contributed by atoms with Gasteiger partial charge in [0.1, 0.15) is 5.15 Å². The van der Waals surface area contributed by atoms with Gasteiger partial charge in [0.15, 0.2) is 0 Å². The monoisotopic (exact) mass is 331 g/mol. The van der Waals surface area contributed by atoms with Gasteiger partial charge in [-0.25, -0.2) is 4.98 Å². The Labute approximate surface area is 140 Å². The molecule has 0 radical (unpaired) electrons. The minimum absolute atomic E-state index is 0.0604. The fourth-order valence-corrected chi connectivity index (χ4v) is 2.17. The van der Waals surface area contributed by atoms with Crippen molar-refractivity contribution in [3.8, 4) is 0 Å². The van der Waals surface area contributed by atoms with Crippen LogP contribution < -0.4 is 5.32 Å². The molecule has 5 nitrogen and oxygen atoms in total. The standard InChI is InChI=1S/C17H18ClN3O2/c1-13(22)21(12-14-5-3-2-4-6-14)10-9-17(23)20-15-7-8-16(18)19-11-15/h2-8,11H,9-10,12H2,1H3,(H,20,23). The smallest absolute Gasteiger partial charge is 0.226 e. The first kappa shape index (κ1) is 17.0. The van der Waals surface area contributed by atoms with Crippen LogP contribution in [0, 0.1) is 0 Å². The van der Waals surface area contributed by atoms with Crippen molar-refractivity contribution in [3.63, 3.8) is 0 Å². The van der Waals surface area contributed by atoms with Crippen LogP contribution in [0.1, 0.15) is 18.9 Å². The van der Waals surface area contributed by atoms with E-state index in [1.807, 2.05) is 30.3 Å². The van der Waals surface area contributed by atoms with E-state index >= 15 is 0 Å². The molecule has 6 heteroatoms. The molecule has 120 valence electrons. The van der Waals surface area contributed by atoms with E-state index in [4.69, 9.17) is 11.6 Å². The number of carbonyl (C=O) groups is 2. The van der Waals surface area contributed by atoms with Crippen molar-refractivity contribution in [1.29, 1.82) is 0 Å². The first-order valence-corrected chi connectivity index (χ1v) is 7.63. The highest BCUT2D eigenvalue weighted by molar-refractivity contribution is 6.29. The Morgan fingerprint density at radius 3 is 2.52 bits per heavy atom. The molecule has 1 heterocycles. The third kappa shape index (κ3) is 5.71. The Hall–Kier alpha value is -2.40. The van der Waals surface area contributed by atoms with Gasteiger partial charge in [-0.05, 0) is 17.7 Å². The lowest BCUT2D eigenvalue weighted by molar-refractivity contribution is -0.129. The predicted octanol–water partition coefficient (Wildman–Crippen LogP) is 3.11. The zero-order chi connectivity index (χ0) is 16.7. The van der Waals surface area contributed by atoms with Crippen molar-refractivity contribution in [3.05, 3.63) is 59.4 Å². The molecule has 0 aliphatic heterocycles. The number of pyridine rings is 1. The topological polar surface area (TPSA) is 62.3 Å². The van der Waals surface area contributed by atoms with E-state index in [1.165, 1.54) is 13.1 Å². The van der Waals surface area contributed by atoms with Crippen LogP contribution in [-0.4, -0.2) is 28.2 Å². The number of rotatable bonds is 6. The number of nitrogens with one attached hydrogen (secondary N) is 1. The molecule has 2 rings (SSSR count). The van der Waals surface area contributed by atoms with Crippen molar-refractivity contribution in [2.75, 3.05) is 11.9 Å². The van der Waals surface area contributed by atoms with E-state index in [-0.39, 0.29) is 18.2 Å². The van der Waals surface area contributed by atoms with Gasteiger partial charge in [-0.3, -0.25) is 9.59 Å². The number of hydrogen-bond donors (Lipinski definition) is 1. The second-order valence-corrected chi connectivity index (χ2v) is 5.48. The summed E-state index contributed by atoms with van der Waals surface area (Å²) in [5, 5.41) is 3.10. The highest BCUT2D eigenvalue weighted by atomic mass is 35.5. The van der Waals surface area contributed by atoms with Crippen molar-refractivity contribution in [2.24, 2.45) is 0 Å². The summed E-state index contributed by atoms with van der Waals surface area (Å²) in [6.07, 6.45) is 1.71. The predicted molar refractivity (Wildman–Crippen MR) is 90.0 cm³/mol. The van der Waals surface area contributed by atoms with Gasteiger partial charge in [-0.2, -0.15) is 0 Å². The lowest BCUT2D eigenvalue weighted by Crippen LogP contribution is -2.31. The largest absolute Gasteiger partial charge is 0.338 e. The molecule has 0 saturated heterocycles. The maximum absolute atomic E-state index is 12.0. The number of benzene rings is 1. The molecule has 0 spiro atoms. The Bertz CT molecular complexity index is 659. The summed E-state index contributed by atoms with van der Waals surface area (Å²) in [5.74, 6) is -0.233. The number of nitrogens with zero attached hydrogens (tertiary/aromatic N) is 2. The molecule has 0 bridgehead atoms. The molecule has 2 amide bonds. The number of aromatic nitrogens is 1. The SMILES string of the molecule is CC(=O)N(CCC(=O)Nc1ccc(Cl)nc1)Cc1ccccc1. The first-order chi connectivity index (χ1) is 11.0. The van der Waals surface area contributed by atoms with E-state index in [9.17, 15) is 9.59 Å². The molecular formula is C17H18ClN3O2. The van der Waals surface area contributed by atoms with Crippen LogP contribution in [-0.2, 0) is 16.1 Å². The molecule has 0 saturated carbocycles. The minimum Gasteiger partial charge on any atom is -0.338 e. The second kappa shape index (κ2) is 8.29. The second-order valence-electron chi connectivity index (χ2n) is 5.09. The summed E-state index contributed by atoms with van der Waals surface area (Å²) in [7, 11) is 0. The van der Waals surface area contributed by atoms with Gasteiger partial charge < -0.3 is 10.2 Å². The molecule has 2 aromatic rings. The molecule has 1 aromatic carbocycles. The highest BCUT2D eigenvalue weighted by Gasteiger charge is 2.12. The van der Waals surface area contributed by atoms with Crippen molar-refractivity contribution >= 4 is 29.1 Å². The maximum atomic E-state index is 12.0. The van der Waals surface area contributed by atoms with Crippen molar-refractivity contribution in [1.82, 2.24) is 9.88 Å². The third-order valence-electron chi connectivity index (χ3n) is 3.28. The van der Waals surface area contributed by atoms with E-state index in [1.54, 1.807) is 17.0 Å². The molecule has 1 aromatic heterocycles. The molecule has 0 aliphatic carbocycles. The van der Waals surface area contributed by atoms with E-state index in [0.717, 1.165) is 5.56 Å². The number of hydrogen-bond acceptors (Lipinski definition) is 3. The van der Waals surface area contributed by atoms with Crippen LogP contribution in [0.2, 0.25) is 5.15 Å². The number of amides is 2. The Morgan fingerprint density at radius 1 is 1.17 bits per heavy atom. The van der Waals surface area contributed by atoms with Gasteiger partial charge in [0.2, 0.25) is 11.8 Å². The summed E-state index contributed by atoms with van der Waals surface area (Å²) in [6.45, 7) is 2.35. The molecule has 0 aliphatic rings. The summed E-state index contributed by atoms with van der Waals surface area (Å²) in [5.41, 5.74) is 1.61. The summed E-state index contributed by atoms with van der Waals surface area (Å²) >= 11 is 5.69. The molecule has 1 N–H and O–H groups in total. The van der Waals surface area contributed by atoms with Crippen molar-refractivity contribution < 1.29 is 9.59 Å². The Morgan fingerprint density at radius 2 is 1.91 bits per heavy atom. The van der Waals surface area contributed by atoms with Gasteiger partial charge >= 0.3 is 0 Å². The summed E-state index contributed by atoms with van der Waals surface area (Å²) in [6, 6.07) is 13.0. The van der Waals surface area contributed by atoms with Crippen LogP contribution in [0.15, 0.2) is 48.7 Å². The van der Waals surface area contributed by atoms with Crippen LogP contribution in [0.25, 0.3) is 0 Å². The first-order valence-electron chi connectivity index (χ1n) is 7.25. The van der Waals surface area contributed by atoms with Crippen LogP contribution in [0.5, 0.6) is 0 Å². The van der Waals surface area contributed by atoms with Gasteiger partial charge in [0.05, 0.1) is 11.9 Å². The Balaban J connectivity index is 1.87. The average molecular weight is 332 g/mol. The fraction of sp³-hybridized carbons (Fsp3) is 0.235. The van der Waals surface area contributed by atoms with E-state index in [0.29, 0.717) is 23.9 Å². The number of carbonyl (C=O) groups excluding carboxylic acids is 2. The van der Waals surface area contributed by atoms with Gasteiger partial charge in [-0.1, -0.05) is 41.9 Å². The van der Waals surface area contributed by atoms with E-state index in [2.05, 4.69) is 10.3 Å². The molecule has 0 atom stereocenters. The highest BCUT2D eigenvalue weighted by Crippen LogP contribution is 2.10. The zero-order valence-corrected chi connectivity index (χ0v) is 13.6. The molecule has 23 heavy (non-hydrogen) atoms. The van der Waals surface area contributed by atoms with E-state index < -0.39 is 0 Å². The normalized spacial score (nSPS) is 10.2. The fourth-order valence-electron chi connectivity index (χ4n) is 2.06. The summed E-state index contributed by atoms with van der Waals surface area (Å²) in [4.78, 5) is 29.2. The third-order valence-corrected chi connectivity index (χ3v) is 3.51. The van der Waals surface area contributed by atoms with Gasteiger partial charge in [-0.15, -0.1) is 0 Å². The van der Waals surface area contributed by atoms with Crippen LogP contribution in [0.3, 0.4) is 0 Å². The number of anilines is 1. The van der Waals surface area contributed by atoms with Crippen LogP contribution in [0.4, 0.5) is 5.69 Å². The molecular weight excluding hydrogens is 314 g/mol. The lowest BCUT2D eigenvalue weighted by Gasteiger charge is -2.21. The van der Waals surface area contributed by atoms with Gasteiger partial charge in [0, 0.05) is 26.4 Å². The average Bonchev–Trinajstić information content (AvgIpc) is 2.54. The molecule has 0 unspecified atom stereocenters. The molecule has 0 fully saturated rings. The van der Waals surface area contributed by atoms with Crippen LogP contribution >= 0.6 is 11.6 Å². The maximum Gasteiger partial charge on any atom is 0.226 e.